The molecule has 0 aliphatic carbocycles. The lowest BCUT2D eigenvalue weighted by atomic mass is 10.0. The minimum absolute atomic E-state index is 0.0361. The molecule has 0 aliphatic rings. The zero-order valence-corrected chi connectivity index (χ0v) is 13.3. The molecule has 0 aromatic heterocycles. The fourth-order valence-electron chi connectivity index (χ4n) is 2.57. The number of aliphatic hydroxyl groups excluding tert-OH is 1. The van der Waals surface area contributed by atoms with Crippen molar-refractivity contribution in [2.75, 3.05) is 0 Å². The molecule has 0 saturated carbocycles. The standard InChI is InChI=1S/C18H37O/c1-3-5-7-9-11-13-15-17-18(19)16-14-12-10-8-6-4-2/h18-19H,1,3-17H2,2H3. The van der Waals surface area contributed by atoms with Gasteiger partial charge in [0.25, 0.3) is 0 Å². The van der Waals surface area contributed by atoms with Crippen LogP contribution in [-0.4, -0.2) is 11.2 Å². The van der Waals surface area contributed by atoms with E-state index in [0.717, 1.165) is 19.3 Å². The molecule has 1 unspecified atom stereocenters. The molecule has 1 atom stereocenters. The van der Waals surface area contributed by atoms with Crippen molar-refractivity contribution in [3.05, 3.63) is 6.92 Å². The third kappa shape index (κ3) is 15.9. The van der Waals surface area contributed by atoms with Crippen molar-refractivity contribution >= 4 is 0 Å². The molecule has 0 saturated heterocycles. The van der Waals surface area contributed by atoms with Gasteiger partial charge in [-0.25, -0.2) is 0 Å². The fraction of sp³-hybridized carbons (Fsp3) is 0.944. The second-order valence-corrected chi connectivity index (χ2v) is 5.97. The number of rotatable bonds is 15. The molecule has 19 heavy (non-hydrogen) atoms. The van der Waals surface area contributed by atoms with E-state index in [1.807, 2.05) is 0 Å². The summed E-state index contributed by atoms with van der Waals surface area (Å²) in [6.45, 7) is 6.11. The van der Waals surface area contributed by atoms with Gasteiger partial charge in [0.15, 0.2) is 0 Å². The fourth-order valence-corrected chi connectivity index (χ4v) is 2.57. The van der Waals surface area contributed by atoms with E-state index in [4.69, 9.17) is 0 Å². The van der Waals surface area contributed by atoms with Crippen LogP contribution < -0.4 is 0 Å². The average molecular weight is 269 g/mol. The van der Waals surface area contributed by atoms with Crippen LogP contribution in [0.15, 0.2) is 0 Å². The second kappa shape index (κ2) is 16.0. The maximum Gasteiger partial charge on any atom is 0.0540 e. The molecule has 0 heterocycles. The maximum atomic E-state index is 9.88. The van der Waals surface area contributed by atoms with Gasteiger partial charge in [-0.15, -0.1) is 0 Å². The smallest absolute Gasteiger partial charge is 0.0540 e. The van der Waals surface area contributed by atoms with Gasteiger partial charge in [-0.1, -0.05) is 97.3 Å². The first kappa shape index (κ1) is 19.0. The van der Waals surface area contributed by atoms with Gasteiger partial charge in [0, 0.05) is 0 Å². The highest BCUT2D eigenvalue weighted by Crippen LogP contribution is 2.14. The maximum absolute atomic E-state index is 9.88. The normalized spacial score (nSPS) is 12.8. The molecule has 0 fully saturated rings. The Labute approximate surface area is 122 Å². The minimum Gasteiger partial charge on any atom is -0.393 e. The van der Waals surface area contributed by atoms with E-state index in [0.29, 0.717) is 0 Å². The van der Waals surface area contributed by atoms with E-state index in [9.17, 15) is 5.11 Å². The Kier molecular flexibility index (Phi) is 16.0. The Morgan fingerprint density at radius 2 is 1.11 bits per heavy atom. The molecule has 1 heteroatoms. The van der Waals surface area contributed by atoms with Gasteiger partial charge in [-0.2, -0.15) is 0 Å². The predicted molar refractivity (Wildman–Crippen MR) is 86.3 cm³/mol. The van der Waals surface area contributed by atoms with Crippen LogP contribution in [0.5, 0.6) is 0 Å². The van der Waals surface area contributed by atoms with Gasteiger partial charge in [-0.05, 0) is 12.8 Å². The molecule has 0 amide bonds. The summed E-state index contributed by atoms with van der Waals surface area (Å²) >= 11 is 0. The third-order valence-corrected chi connectivity index (χ3v) is 3.93. The summed E-state index contributed by atoms with van der Waals surface area (Å²) in [4.78, 5) is 0. The first-order chi connectivity index (χ1) is 9.31. The Morgan fingerprint density at radius 3 is 1.58 bits per heavy atom. The van der Waals surface area contributed by atoms with Crippen LogP contribution in [0.3, 0.4) is 0 Å². The largest absolute Gasteiger partial charge is 0.393 e. The van der Waals surface area contributed by atoms with Crippen molar-refractivity contribution < 1.29 is 5.11 Å². The average Bonchev–Trinajstić information content (AvgIpc) is 2.41. The summed E-state index contributed by atoms with van der Waals surface area (Å²) in [5.41, 5.74) is 0. The van der Waals surface area contributed by atoms with Crippen LogP contribution in [0, 0.1) is 6.92 Å². The van der Waals surface area contributed by atoms with Crippen molar-refractivity contribution in [2.24, 2.45) is 0 Å². The lowest BCUT2D eigenvalue weighted by Gasteiger charge is -2.10. The van der Waals surface area contributed by atoms with Gasteiger partial charge >= 0.3 is 0 Å². The summed E-state index contributed by atoms with van der Waals surface area (Å²) in [5, 5.41) is 9.88. The number of hydrogen-bond acceptors (Lipinski definition) is 1. The second-order valence-electron chi connectivity index (χ2n) is 5.97. The molecular formula is C18H37O. The highest BCUT2D eigenvalue weighted by atomic mass is 16.3. The summed E-state index contributed by atoms with van der Waals surface area (Å²) in [6.07, 6.45) is 18.8. The first-order valence-corrected chi connectivity index (χ1v) is 8.78. The van der Waals surface area contributed by atoms with Crippen molar-refractivity contribution in [1.82, 2.24) is 0 Å². The monoisotopic (exact) mass is 269 g/mol. The van der Waals surface area contributed by atoms with Gasteiger partial charge in [0.1, 0.15) is 0 Å². The van der Waals surface area contributed by atoms with Crippen LogP contribution in [0.25, 0.3) is 0 Å². The Bertz CT molecular complexity index is 156. The van der Waals surface area contributed by atoms with Crippen LogP contribution >= 0.6 is 0 Å². The zero-order valence-electron chi connectivity index (χ0n) is 13.3. The third-order valence-electron chi connectivity index (χ3n) is 3.93. The summed E-state index contributed by atoms with van der Waals surface area (Å²) in [5.74, 6) is 0. The molecule has 0 bridgehead atoms. The van der Waals surface area contributed by atoms with Gasteiger partial charge in [0.2, 0.25) is 0 Å². The van der Waals surface area contributed by atoms with Gasteiger partial charge in [-0.3, -0.25) is 0 Å². The molecule has 0 aromatic rings. The van der Waals surface area contributed by atoms with Crippen molar-refractivity contribution in [3.63, 3.8) is 0 Å². The predicted octanol–water partition coefficient (Wildman–Crippen LogP) is 6.05. The van der Waals surface area contributed by atoms with Crippen LogP contribution in [0.4, 0.5) is 0 Å². The molecule has 1 nitrogen and oxygen atoms in total. The van der Waals surface area contributed by atoms with E-state index in [-0.39, 0.29) is 6.10 Å². The van der Waals surface area contributed by atoms with Crippen molar-refractivity contribution in [1.29, 1.82) is 0 Å². The van der Waals surface area contributed by atoms with E-state index in [1.165, 1.54) is 77.0 Å². The minimum atomic E-state index is -0.0361. The number of unbranched alkanes of at least 4 members (excludes halogenated alkanes) is 11. The Hall–Kier alpha value is -0.0400. The van der Waals surface area contributed by atoms with Crippen molar-refractivity contribution in [2.45, 2.75) is 109 Å². The topological polar surface area (TPSA) is 20.2 Å². The molecule has 0 spiro atoms. The number of hydrogen-bond donors (Lipinski definition) is 1. The number of aliphatic hydroxyl groups is 1. The van der Waals surface area contributed by atoms with E-state index in [1.54, 1.807) is 0 Å². The van der Waals surface area contributed by atoms with Gasteiger partial charge in [0.05, 0.1) is 6.10 Å². The molecule has 0 aromatic carbocycles. The molecule has 0 rings (SSSR count). The van der Waals surface area contributed by atoms with Crippen LogP contribution in [-0.2, 0) is 0 Å². The van der Waals surface area contributed by atoms with E-state index in [2.05, 4.69) is 13.8 Å². The highest BCUT2D eigenvalue weighted by molar-refractivity contribution is 4.57. The first-order valence-electron chi connectivity index (χ1n) is 8.78. The summed E-state index contributed by atoms with van der Waals surface area (Å²) in [7, 11) is 0. The van der Waals surface area contributed by atoms with Crippen LogP contribution in [0.2, 0.25) is 0 Å². The van der Waals surface area contributed by atoms with E-state index >= 15 is 0 Å². The highest BCUT2D eigenvalue weighted by Gasteiger charge is 2.03. The molecule has 1 radical (unpaired) electrons. The molecule has 115 valence electrons. The Morgan fingerprint density at radius 1 is 0.684 bits per heavy atom. The lowest BCUT2D eigenvalue weighted by molar-refractivity contribution is 0.147. The Balaban J connectivity index is 3.10. The SMILES string of the molecule is [CH2]CCCCCCCCC(O)CCCCCCCC. The van der Waals surface area contributed by atoms with Crippen LogP contribution in [0.1, 0.15) is 103 Å². The molecular weight excluding hydrogens is 232 g/mol. The molecule has 0 aliphatic heterocycles. The van der Waals surface area contributed by atoms with Gasteiger partial charge < -0.3 is 5.11 Å². The zero-order chi connectivity index (χ0) is 14.2. The lowest BCUT2D eigenvalue weighted by Crippen LogP contribution is -2.05. The summed E-state index contributed by atoms with van der Waals surface area (Å²) < 4.78 is 0. The quantitative estimate of drug-likeness (QED) is 0.359. The van der Waals surface area contributed by atoms with E-state index < -0.39 is 0 Å². The van der Waals surface area contributed by atoms with Crippen molar-refractivity contribution in [3.8, 4) is 0 Å². The molecule has 1 N–H and O–H groups in total. The summed E-state index contributed by atoms with van der Waals surface area (Å²) in [6, 6.07) is 0.